The van der Waals surface area contributed by atoms with Crippen molar-refractivity contribution in [3.05, 3.63) is 334 Å². The molecule has 15 aromatic carbocycles. The molecule has 0 spiro atoms. The topological polar surface area (TPSA) is 42.6 Å². The van der Waals surface area contributed by atoms with Crippen molar-refractivity contribution in [1.29, 1.82) is 0 Å². The summed E-state index contributed by atoms with van der Waals surface area (Å²) < 4.78 is 18.0. The highest BCUT2D eigenvalue weighted by Crippen LogP contribution is 2.51. The Labute approximate surface area is 558 Å². The molecule has 4 aromatic heterocycles. The Morgan fingerprint density at radius 2 is 0.598 bits per heavy atom. The Hall–Kier alpha value is -12.8. The van der Waals surface area contributed by atoms with Gasteiger partial charge in [-0.25, -0.2) is 0 Å². The van der Waals surface area contributed by atoms with Crippen molar-refractivity contribution in [1.82, 2.24) is 9.13 Å². The van der Waals surface area contributed by atoms with E-state index in [1.165, 1.54) is 71.2 Å². The molecular weight excluding hydrogens is 1180 g/mol. The third-order valence-electron chi connectivity index (χ3n) is 20.7. The van der Waals surface area contributed by atoms with Crippen molar-refractivity contribution in [2.45, 2.75) is 0 Å². The van der Waals surface area contributed by atoms with Crippen molar-refractivity contribution in [2.75, 3.05) is 9.80 Å². The number of hydrogen-bond acceptors (Lipinski definition) is 4. The third-order valence-corrected chi connectivity index (χ3v) is 20.7. The highest BCUT2D eigenvalue weighted by atomic mass is 16.3. The molecule has 6 nitrogen and oxygen atoms in total. The second-order valence-electron chi connectivity index (χ2n) is 25.8. The fraction of sp³-hybridized carbons (Fsp3) is 0. The van der Waals surface area contributed by atoms with E-state index in [2.05, 4.69) is 340 Å². The smallest absolute Gasteiger partial charge is 0.252 e. The molecule has 2 aliphatic rings. The van der Waals surface area contributed by atoms with Gasteiger partial charge in [-0.15, -0.1) is 0 Å². The minimum absolute atomic E-state index is 0.204. The van der Waals surface area contributed by atoms with Gasteiger partial charge < -0.3 is 27.8 Å². The van der Waals surface area contributed by atoms with Crippen LogP contribution in [0.15, 0.2) is 342 Å². The van der Waals surface area contributed by atoms with Crippen molar-refractivity contribution < 1.29 is 8.83 Å². The number of anilines is 6. The van der Waals surface area contributed by atoms with Crippen LogP contribution in [0.4, 0.5) is 34.1 Å². The molecule has 0 amide bonds. The largest absolute Gasteiger partial charge is 0.456 e. The van der Waals surface area contributed by atoms with Crippen LogP contribution in [0.2, 0.25) is 0 Å². The molecule has 0 fully saturated rings. The van der Waals surface area contributed by atoms with Gasteiger partial charge in [0.1, 0.15) is 22.3 Å². The zero-order valence-electron chi connectivity index (χ0n) is 52.4. The summed E-state index contributed by atoms with van der Waals surface area (Å²) in [5.41, 5.74) is 29.6. The van der Waals surface area contributed by atoms with Gasteiger partial charge in [-0.2, -0.15) is 0 Å². The van der Waals surface area contributed by atoms with E-state index in [1.807, 2.05) is 12.1 Å². The number of rotatable bonds is 8. The van der Waals surface area contributed by atoms with E-state index >= 15 is 0 Å². The highest BCUT2D eigenvalue weighted by molar-refractivity contribution is 7.00. The van der Waals surface area contributed by atoms with Crippen LogP contribution in [0, 0.1) is 0 Å². The zero-order valence-corrected chi connectivity index (χ0v) is 52.4. The van der Waals surface area contributed by atoms with Crippen LogP contribution in [0.5, 0.6) is 0 Å². The van der Waals surface area contributed by atoms with Crippen molar-refractivity contribution in [2.24, 2.45) is 0 Å². The average molecular weight is 1240 g/mol. The fourth-order valence-electron chi connectivity index (χ4n) is 16.6. The Kier molecular flexibility index (Phi) is 11.5. The van der Waals surface area contributed by atoms with Gasteiger partial charge in [0.2, 0.25) is 0 Å². The van der Waals surface area contributed by atoms with E-state index in [0.29, 0.717) is 0 Å². The predicted molar refractivity (Wildman–Crippen MR) is 405 cm³/mol. The summed E-state index contributed by atoms with van der Waals surface area (Å²) in [6.07, 6.45) is 0. The van der Waals surface area contributed by atoms with Gasteiger partial charge in [0.25, 0.3) is 6.71 Å². The standard InChI is InChI=1S/C90H55BN4O2/c1-3-22-56(23-4-1)64-32-19-34-70-66-28-9-15-38-78(66)92(89(64)70)60-46-48-74-82(54-60)94(76-36-13-7-26-62(76)58-44-50-86-72(52-58)68-30-11-17-42-84(68)96-86)80-40-21-41-81-88(80)91(74)75-49-47-61(93-79-39-16-10-29-67(79)71-35-20-33-65(90(71)93)57-24-5-2-6-25-57)55-83(75)95(81)77-37-14-8-27-63(77)59-45-51-87-73(53-59)69-31-12-18-43-85(69)97-87/h1-55H. The van der Waals surface area contributed by atoms with E-state index in [1.54, 1.807) is 0 Å². The SMILES string of the molecule is c1ccc(-c2cccc3c4ccccc4n(-c4ccc5c(c4)N(c4ccccc4-c4ccc6oc7ccccc7c6c4)c4cccc6c4B5c4ccc(-n5c7ccccc7c7cccc(-c8ccccc8)c75)cc4N6c4ccccc4-c4ccc5oc6ccccc6c5c4)c23)cc1. The van der Waals surface area contributed by atoms with Crippen molar-refractivity contribution >= 4 is 145 Å². The van der Waals surface area contributed by atoms with Gasteiger partial charge in [0.15, 0.2) is 0 Å². The van der Waals surface area contributed by atoms with Crippen molar-refractivity contribution in [3.8, 4) is 55.9 Å². The minimum Gasteiger partial charge on any atom is -0.456 e. The Morgan fingerprint density at radius 3 is 1.08 bits per heavy atom. The molecule has 0 atom stereocenters. The summed E-state index contributed by atoms with van der Waals surface area (Å²) in [5.74, 6) is 0. The molecule has 7 heteroatoms. The summed E-state index contributed by atoms with van der Waals surface area (Å²) in [4.78, 5) is 5.16. The highest BCUT2D eigenvalue weighted by Gasteiger charge is 2.44. The molecule has 450 valence electrons. The van der Waals surface area contributed by atoms with Crippen LogP contribution in [0.3, 0.4) is 0 Å². The summed E-state index contributed by atoms with van der Waals surface area (Å²) in [6.45, 7) is -0.204. The molecule has 19 aromatic rings. The molecule has 0 N–H and O–H groups in total. The fourth-order valence-corrected chi connectivity index (χ4v) is 16.6. The summed E-state index contributed by atoms with van der Waals surface area (Å²) in [7, 11) is 0. The van der Waals surface area contributed by atoms with Crippen LogP contribution < -0.4 is 26.2 Å². The van der Waals surface area contributed by atoms with E-state index in [9.17, 15) is 0 Å². The molecule has 0 saturated heterocycles. The summed E-state index contributed by atoms with van der Waals surface area (Å²) >= 11 is 0. The van der Waals surface area contributed by atoms with E-state index in [-0.39, 0.29) is 6.71 Å². The zero-order chi connectivity index (χ0) is 63.4. The number of nitrogens with zero attached hydrogens (tertiary/aromatic N) is 4. The van der Waals surface area contributed by atoms with Crippen LogP contribution in [-0.2, 0) is 0 Å². The number of para-hydroxylation sites is 8. The molecule has 0 bridgehead atoms. The Morgan fingerprint density at radius 1 is 0.227 bits per heavy atom. The van der Waals surface area contributed by atoms with Gasteiger partial charge in [-0.3, -0.25) is 0 Å². The quantitative estimate of drug-likeness (QED) is 0.142. The molecule has 0 unspecified atom stereocenters. The lowest BCUT2D eigenvalue weighted by atomic mass is 9.33. The molecule has 0 aliphatic carbocycles. The summed E-state index contributed by atoms with van der Waals surface area (Å²) in [5, 5.41) is 9.21. The number of hydrogen-bond donors (Lipinski definition) is 0. The van der Waals surface area contributed by atoms with Crippen LogP contribution in [0.25, 0.3) is 143 Å². The van der Waals surface area contributed by atoms with E-state index < -0.39 is 0 Å². The third kappa shape index (κ3) is 7.91. The number of benzene rings is 15. The average Bonchev–Trinajstić information content (AvgIpc) is 1.22. The lowest BCUT2D eigenvalue weighted by molar-refractivity contribution is 0.668. The van der Waals surface area contributed by atoms with Gasteiger partial charge in [-0.1, -0.05) is 237 Å². The molecule has 2 aliphatic heterocycles. The molecule has 6 heterocycles. The Bertz CT molecular complexity index is 6100. The normalized spacial score (nSPS) is 12.7. The van der Waals surface area contributed by atoms with Crippen LogP contribution in [0.1, 0.15) is 0 Å². The molecule has 97 heavy (non-hydrogen) atoms. The van der Waals surface area contributed by atoms with Crippen LogP contribution >= 0.6 is 0 Å². The second-order valence-corrected chi connectivity index (χ2v) is 25.8. The van der Waals surface area contributed by atoms with Gasteiger partial charge in [0.05, 0.1) is 33.4 Å². The number of fused-ring (bicyclic) bond motifs is 16. The summed E-state index contributed by atoms with van der Waals surface area (Å²) in [6, 6.07) is 123. The van der Waals surface area contributed by atoms with Gasteiger partial charge in [0, 0.05) is 99.5 Å². The van der Waals surface area contributed by atoms with Crippen LogP contribution in [-0.4, -0.2) is 15.8 Å². The minimum atomic E-state index is -0.204. The molecule has 0 saturated carbocycles. The lowest BCUT2D eigenvalue weighted by Crippen LogP contribution is -2.61. The van der Waals surface area contributed by atoms with E-state index in [0.717, 1.165) is 123 Å². The first-order valence-electron chi connectivity index (χ1n) is 33.3. The van der Waals surface area contributed by atoms with Gasteiger partial charge >= 0.3 is 0 Å². The first-order chi connectivity index (χ1) is 48.1. The predicted octanol–water partition coefficient (Wildman–Crippen LogP) is 22.4. The molecule has 21 rings (SSSR count). The molecular formula is C90H55BN4O2. The molecule has 0 radical (unpaired) electrons. The number of furan rings is 2. The monoisotopic (exact) mass is 1230 g/mol. The van der Waals surface area contributed by atoms with E-state index in [4.69, 9.17) is 8.83 Å². The first-order valence-corrected chi connectivity index (χ1v) is 33.3. The lowest BCUT2D eigenvalue weighted by Gasteiger charge is -2.45. The maximum atomic E-state index is 6.48. The van der Waals surface area contributed by atoms with Gasteiger partial charge in [-0.05, 0) is 136 Å². The maximum absolute atomic E-state index is 6.48. The first kappa shape index (κ1) is 53.6. The Balaban J connectivity index is 0.856. The maximum Gasteiger partial charge on any atom is 0.252 e. The second kappa shape index (κ2) is 20.8. The number of aromatic nitrogens is 2. The van der Waals surface area contributed by atoms with Crippen molar-refractivity contribution in [3.63, 3.8) is 0 Å².